The molecule has 0 unspecified atom stereocenters. The monoisotopic (exact) mass is 362 g/mol. The van der Waals surface area contributed by atoms with E-state index < -0.39 is 24.5 Å². The lowest BCUT2D eigenvalue weighted by Crippen LogP contribution is -2.46. The number of rotatable bonds is 6. The summed E-state index contributed by atoms with van der Waals surface area (Å²) in [5, 5.41) is 4.92. The molecule has 3 amide bonds. The summed E-state index contributed by atoms with van der Waals surface area (Å²) < 4.78 is 10.2. The SMILES string of the molecule is Cc1cc(C)cc(OCC(=O)OCC(=O)NC(=O)NC2CCCCC2)c1. The van der Waals surface area contributed by atoms with Crippen LogP contribution in [0, 0.1) is 13.8 Å². The molecule has 0 heterocycles. The smallest absolute Gasteiger partial charge is 0.344 e. The molecule has 0 bridgehead atoms. The van der Waals surface area contributed by atoms with Gasteiger partial charge < -0.3 is 14.8 Å². The van der Waals surface area contributed by atoms with Crippen molar-refractivity contribution >= 4 is 17.9 Å². The van der Waals surface area contributed by atoms with Crippen LogP contribution in [0.25, 0.3) is 0 Å². The van der Waals surface area contributed by atoms with E-state index in [9.17, 15) is 14.4 Å². The normalized spacial score (nSPS) is 14.4. The number of hydrogen-bond donors (Lipinski definition) is 2. The molecule has 26 heavy (non-hydrogen) atoms. The van der Waals surface area contributed by atoms with Gasteiger partial charge in [-0.25, -0.2) is 9.59 Å². The molecule has 1 aromatic carbocycles. The summed E-state index contributed by atoms with van der Waals surface area (Å²) in [5.41, 5.74) is 2.05. The molecular weight excluding hydrogens is 336 g/mol. The third kappa shape index (κ3) is 7.13. The Hall–Kier alpha value is -2.57. The number of esters is 1. The van der Waals surface area contributed by atoms with Crippen molar-refractivity contribution in [2.24, 2.45) is 0 Å². The minimum atomic E-state index is -0.674. The average Bonchev–Trinajstić information content (AvgIpc) is 2.58. The first-order chi connectivity index (χ1) is 12.4. The lowest BCUT2D eigenvalue weighted by molar-refractivity contribution is -0.150. The quantitative estimate of drug-likeness (QED) is 0.758. The maximum atomic E-state index is 11.7. The first-order valence-corrected chi connectivity index (χ1v) is 8.89. The third-order valence-electron chi connectivity index (χ3n) is 4.11. The van der Waals surface area contributed by atoms with E-state index in [4.69, 9.17) is 9.47 Å². The number of ether oxygens (including phenoxy) is 2. The van der Waals surface area contributed by atoms with Crippen molar-refractivity contribution in [1.82, 2.24) is 10.6 Å². The van der Waals surface area contributed by atoms with Crippen LogP contribution in [0.15, 0.2) is 18.2 Å². The Morgan fingerprint density at radius 3 is 2.31 bits per heavy atom. The molecule has 1 fully saturated rings. The fraction of sp³-hybridized carbons (Fsp3) is 0.526. The van der Waals surface area contributed by atoms with Gasteiger partial charge in [-0.3, -0.25) is 10.1 Å². The predicted molar refractivity (Wildman–Crippen MR) is 95.9 cm³/mol. The zero-order chi connectivity index (χ0) is 18.9. The van der Waals surface area contributed by atoms with E-state index >= 15 is 0 Å². The molecule has 1 aliphatic rings. The van der Waals surface area contributed by atoms with Crippen LogP contribution in [-0.4, -0.2) is 37.2 Å². The summed E-state index contributed by atoms with van der Waals surface area (Å²) >= 11 is 0. The van der Waals surface area contributed by atoms with E-state index in [-0.39, 0.29) is 12.6 Å². The van der Waals surface area contributed by atoms with Crippen LogP contribution in [0.1, 0.15) is 43.2 Å². The molecule has 0 atom stereocenters. The summed E-state index contributed by atoms with van der Waals surface area (Å²) in [6.45, 7) is 3.04. The summed E-state index contributed by atoms with van der Waals surface area (Å²) in [4.78, 5) is 35.1. The number of carbonyl (C=O) groups excluding carboxylic acids is 3. The molecule has 142 valence electrons. The molecular formula is C19H26N2O5. The van der Waals surface area contributed by atoms with Crippen molar-refractivity contribution in [2.45, 2.75) is 52.0 Å². The maximum absolute atomic E-state index is 11.7. The molecule has 7 heteroatoms. The summed E-state index contributed by atoms with van der Waals surface area (Å²) in [5.74, 6) is -0.777. The molecule has 2 rings (SSSR count). The molecule has 0 aromatic heterocycles. The Morgan fingerprint density at radius 1 is 1.00 bits per heavy atom. The number of urea groups is 1. The number of aryl methyl sites for hydroxylation is 2. The van der Waals surface area contributed by atoms with Gasteiger partial charge in [-0.1, -0.05) is 25.3 Å². The summed E-state index contributed by atoms with van der Waals surface area (Å²) in [6, 6.07) is 5.16. The number of amides is 3. The highest BCUT2D eigenvalue weighted by molar-refractivity contribution is 5.95. The van der Waals surface area contributed by atoms with Crippen LogP contribution in [-0.2, 0) is 14.3 Å². The Morgan fingerprint density at radius 2 is 1.65 bits per heavy atom. The first-order valence-electron chi connectivity index (χ1n) is 8.89. The topological polar surface area (TPSA) is 93.7 Å². The van der Waals surface area contributed by atoms with Gasteiger partial charge in [-0.2, -0.15) is 0 Å². The third-order valence-corrected chi connectivity index (χ3v) is 4.11. The van der Waals surface area contributed by atoms with Crippen LogP contribution in [0.3, 0.4) is 0 Å². The van der Waals surface area contributed by atoms with E-state index in [1.807, 2.05) is 32.0 Å². The highest BCUT2D eigenvalue weighted by Crippen LogP contribution is 2.17. The lowest BCUT2D eigenvalue weighted by Gasteiger charge is -2.22. The van der Waals surface area contributed by atoms with Gasteiger partial charge in [0.05, 0.1) is 0 Å². The van der Waals surface area contributed by atoms with Gasteiger partial charge in [0.2, 0.25) is 0 Å². The van der Waals surface area contributed by atoms with Crippen molar-refractivity contribution in [3.8, 4) is 5.75 Å². The van der Waals surface area contributed by atoms with Gasteiger partial charge in [0.15, 0.2) is 13.2 Å². The minimum Gasteiger partial charge on any atom is -0.482 e. The molecule has 7 nitrogen and oxygen atoms in total. The molecule has 0 saturated heterocycles. The number of imide groups is 1. The van der Waals surface area contributed by atoms with Crippen LogP contribution >= 0.6 is 0 Å². The molecule has 2 N–H and O–H groups in total. The zero-order valence-corrected chi connectivity index (χ0v) is 15.3. The molecule has 0 spiro atoms. The van der Waals surface area contributed by atoms with Crippen molar-refractivity contribution < 1.29 is 23.9 Å². The number of benzene rings is 1. The summed E-state index contributed by atoms with van der Waals surface area (Å²) in [7, 11) is 0. The molecule has 1 aliphatic carbocycles. The van der Waals surface area contributed by atoms with E-state index in [1.165, 1.54) is 6.42 Å². The van der Waals surface area contributed by atoms with Gasteiger partial charge in [0, 0.05) is 6.04 Å². The van der Waals surface area contributed by atoms with Crippen molar-refractivity contribution in [3.05, 3.63) is 29.3 Å². The van der Waals surface area contributed by atoms with Crippen LogP contribution < -0.4 is 15.4 Å². The van der Waals surface area contributed by atoms with Gasteiger partial charge in [-0.15, -0.1) is 0 Å². The van der Waals surface area contributed by atoms with Crippen LogP contribution in [0.5, 0.6) is 5.75 Å². The summed E-state index contributed by atoms with van der Waals surface area (Å²) in [6.07, 6.45) is 5.19. The predicted octanol–water partition coefficient (Wildman–Crippen LogP) is 2.38. The number of nitrogens with one attached hydrogen (secondary N) is 2. The fourth-order valence-corrected chi connectivity index (χ4v) is 2.98. The zero-order valence-electron chi connectivity index (χ0n) is 15.3. The Bertz CT molecular complexity index is 633. The highest BCUT2D eigenvalue weighted by Gasteiger charge is 2.17. The second-order valence-corrected chi connectivity index (χ2v) is 6.63. The van der Waals surface area contributed by atoms with Crippen molar-refractivity contribution in [3.63, 3.8) is 0 Å². The average molecular weight is 362 g/mol. The molecule has 1 aromatic rings. The van der Waals surface area contributed by atoms with Crippen molar-refractivity contribution in [1.29, 1.82) is 0 Å². The first kappa shape index (κ1) is 19.8. The van der Waals surface area contributed by atoms with E-state index in [0.29, 0.717) is 5.75 Å². The lowest BCUT2D eigenvalue weighted by atomic mass is 9.96. The second-order valence-electron chi connectivity index (χ2n) is 6.63. The van der Waals surface area contributed by atoms with Gasteiger partial charge in [0.25, 0.3) is 5.91 Å². The van der Waals surface area contributed by atoms with Gasteiger partial charge >= 0.3 is 12.0 Å². The van der Waals surface area contributed by atoms with Crippen molar-refractivity contribution in [2.75, 3.05) is 13.2 Å². The van der Waals surface area contributed by atoms with Gasteiger partial charge in [-0.05, 0) is 49.9 Å². The largest absolute Gasteiger partial charge is 0.482 e. The number of carbonyl (C=O) groups is 3. The van der Waals surface area contributed by atoms with E-state index in [2.05, 4.69) is 10.6 Å². The molecule has 1 saturated carbocycles. The Balaban J connectivity index is 1.64. The van der Waals surface area contributed by atoms with E-state index in [0.717, 1.165) is 36.8 Å². The fourth-order valence-electron chi connectivity index (χ4n) is 2.98. The number of hydrogen-bond acceptors (Lipinski definition) is 5. The maximum Gasteiger partial charge on any atom is 0.344 e. The second kappa shape index (κ2) is 9.79. The Kier molecular flexibility index (Phi) is 7.44. The standard InChI is InChI=1S/C19H26N2O5/c1-13-8-14(2)10-16(9-13)25-12-18(23)26-11-17(22)21-19(24)20-15-6-4-3-5-7-15/h8-10,15H,3-7,11-12H2,1-2H3,(H2,20,21,22,24). The van der Waals surface area contributed by atoms with Crippen LogP contribution in [0.2, 0.25) is 0 Å². The van der Waals surface area contributed by atoms with Crippen LogP contribution in [0.4, 0.5) is 4.79 Å². The molecule has 0 radical (unpaired) electrons. The Labute approximate surface area is 153 Å². The van der Waals surface area contributed by atoms with Gasteiger partial charge in [0.1, 0.15) is 5.75 Å². The van der Waals surface area contributed by atoms with E-state index in [1.54, 1.807) is 0 Å². The molecule has 0 aliphatic heterocycles. The minimum absolute atomic E-state index is 0.102. The highest BCUT2D eigenvalue weighted by atomic mass is 16.6.